The van der Waals surface area contributed by atoms with E-state index in [0.29, 0.717) is 11.8 Å². The van der Waals surface area contributed by atoms with Crippen LogP contribution in [0.25, 0.3) is 0 Å². The van der Waals surface area contributed by atoms with Crippen LogP contribution in [0.5, 0.6) is 0 Å². The first-order valence-corrected chi connectivity index (χ1v) is 9.17. The lowest BCUT2D eigenvalue weighted by Gasteiger charge is -2.40. The van der Waals surface area contributed by atoms with Crippen molar-refractivity contribution >= 4 is 5.91 Å². The molecule has 0 spiro atoms. The Kier molecular flexibility index (Phi) is 4.34. The first-order valence-electron chi connectivity index (χ1n) is 9.17. The van der Waals surface area contributed by atoms with Gasteiger partial charge in [-0.3, -0.25) is 14.4 Å². The molecule has 1 saturated carbocycles. The molecule has 3 atom stereocenters. The summed E-state index contributed by atoms with van der Waals surface area (Å²) < 4.78 is 1.82. The highest BCUT2D eigenvalue weighted by molar-refractivity contribution is 5.83. The van der Waals surface area contributed by atoms with Crippen LogP contribution >= 0.6 is 0 Å². The van der Waals surface area contributed by atoms with Gasteiger partial charge in [-0.05, 0) is 30.4 Å². The van der Waals surface area contributed by atoms with Gasteiger partial charge in [-0.2, -0.15) is 5.10 Å². The summed E-state index contributed by atoms with van der Waals surface area (Å²) in [6, 6.07) is 10.8. The number of amides is 1. The van der Waals surface area contributed by atoms with Crippen molar-refractivity contribution in [2.45, 2.75) is 31.8 Å². The van der Waals surface area contributed by atoms with Gasteiger partial charge < -0.3 is 4.90 Å². The van der Waals surface area contributed by atoms with Crippen LogP contribution in [-0.4, -0.2) is 51.2 Å². The molecule has 25 heavy (non-hydrogen) atoms. The third-order valence-electron chi connectivity index (χ3n) is 5.50. The highest BCUT2D eigenvalue weighted by atomic mass is 16.2. The fraction of sp³-hybridized carbons (Fsp3) is 0.500. The molecule has 0 radical (unpaired) electrons. The molecular weight excluding hydrogens is 312 g/mol. The minimum atomic E-state index is 0.160. The summed E-state index contributed by atoms with van der Waals surface area (Å²) in [6.07, 6.45) is 4.92. The van der Waals surface area contributed by atoms with Crippen LogP contribution in [-0.2, 0) is 18.4 Å². The Morgan fingerprint density at radius 1 is 1.24 bits per heavy atom. The summed E-state index contributed by atoms with van der Waals surface area (Å²) in [4.78, 5) is 17.5. The second kappa shape index (κ2) is 6.64. The molecule has 2 aliphatic rings. The predicted octanol–water partition coefficient (Wildman–Crippen LogP) is 2.26. The van der Waals surface area contributed by atoms with E-state index in [1.54, 1.807) is 0 Å². The fourth-order valence-corrected chi connectivity index (χ4v) is 4.03. The van der Waals surface area contributed by atoms with Crippen molar-refractivity contribution in [3.63, 3.8) is 0 Å². The summed E-state index contributed by atoms with van der Waals surface area (Å²) in [5.74, 6) is 0.865. The Morgan fingerprint density at radius 2 is 2.04 bits per heavy atom. The maximum Gasteiger partial charge on any atom is 0.226 e. The van der Waals surface area contributed by atoms with Crippen molar-refractivity contribution in [3.8, 4) is 0 Å². The molecule has 2 heterocycles. The molecule has 1 amide bonds. The normalized spacial score (nSPS) is 26.6. The van der Waals surface area contributed by atoms with E-state index < -0.39 is 0 Å². The number of rotatable bonds is 4. The molecule has 1 saturated heterocycles. The van der Waals surface area contributed by atoms with Gasteiger partial charge in [-0.15, -0.1) is 0 Å². The summed E-state index contributed by atoms with van der Waals surface area (Å²) in [7, 11) is 1.93. The summed E-state index contributed by atoms with van der Waals surface area (Å²) in [5.41, 5.74) is 2.55. The summed E-state index contributed by atoms with van der Waals surface area (Å²) >= 11 is 0. The molecule has 0 N–H and O–H groups in total. The van der Waals surface area contributed by atoms with Gasteiger partial charge in [-0.25, -0.2) is 0 Å². The Labute approximate surface area is 149 Å². The maximum absolute atomic E-state index is 12.9. The zero-order chi connectivity index (χ0) is 17.4. The van der Waals surface area contributed by atoms with Crippen LogP contribution in [0.1, 0.15) is 30.4 Å². The smallest absolute Gasteiger partial charge is 0.226 e. The topological polar surface area (TPSA) is 41.4 Å². The highest BCUT2D eigenvalue weighted by Crippen LogP contribution is 2.48. The number of aromatic nitrogens is 2. The van der Waals surface area contributed by atoms with Crippen LogP contribution in [0.3, 0.4) is 0 Å². The average molecular weight is 338 g/mol. The van der Waals surface area contributed by atoms with Gasteiger partial charge in [0.25, 0.3) is 0 Å². The minimum absolute atomic E-state index is 0.160. The molecule has 2 aromatic rings. The van der Waals surface area contributed by atoms with E-state index in [2.05, 4.69) is 52.2 Å². The van der Waals surface area contributed by atoms with Crippen molar-refractivity contribution in [2.75, 3.05) is 19.6 Å². The van der Waals surface area contributed by atoms with Gasteiger partial charge in [-0.1, -0.05) is 30.3 Å². The second-order valence-corrected chi connectivity index (χ2v) is 7.50. The number of hydrogen-bond acceptors (Lipinski definition) is 3. The van der Waals surface area contributed by atoms with E-state index in [-0.39, 0.29) is 12.0 Å². The molecule has 5 heteroatoms. The lowest BCUT2D eigenvalue weighted by atomic mass is 10.1. The molecular formula is C20H26N4O. The average Bonchev–Trinajstić information content (AvgIpc) is 3.29. The lowest BCUT2D eigenvalue weighted by Crippen LogP contribution is -2.54. The van der Waals surface area contributed by atoms with E-state index in [0.717, 1.165) is 32.6 Å². The van der Waals surface area contributed by atoms with Crippen LogP contribution in [0.15, 0.2) is 42.7 Å². The van der Waals surface area contributed by atoms with Gasteiger partial charge in [0, 0.05) is 51.4 Å². The largest absolute Gasteiger partial charge is 0.337 e. The van der Waals surface area contributed by atoms with Crippen molar-refractivity contribution in [3.05, 3.63) is 53.9 Å². The van der Waals surface area contributed by atoms with E-state index in [9.17, 15) is 4.79 Å². The molecule has 1 aliphatic carbocycles. The van der Waals surface area contributed by atoms with E-state index in [1.807, 2.05) is 24.1 Å². The Bertz CT molecular complexity index is 741. The molecule has 1 aliphatic heterocycles. The number of carbonyl (C=O) groups is 1. The number of carbonyl (C=O) groups excluding carboxylic acids is 1. The van der Waals surface area contributed by atoms with Crippen LogP contribution < -0.4 is 0 Å². The van der Waals surface area contributed by atoms with Gasteiger partial charge in [0.05, 0.1) is 6.20 Å². The van der Waals surface area contributed by atoms with E-state index in [4.69, 9.17) is 0 Å². The second-order valence-electron chi connectivity index (χ2n) is 7.50. The highest BCUT2D eigenvalue weighted by Gasteiger charge is 2.47. The van der Waals surface area contributed by atoms with Gasteiger partial charge in [0.1, 0.15) is 0 Å². The van der Waals surface area contributed by atoms with Crippen LogP contribution in [0.4, 0.5) is 0 Å². The van der Waals surface area contributed by atoms with Crippen molar-refractivity contribution in [2.24, 2.45) is 13.0 Å². The summed E-state index contributed by atoms with van der Waals surface area (Å²) in [5, 5.41) is 4.23. The van der Waals surface area contributed by atoms with Crippen molar-refractivity contribution < 1.29 is 4.79 Å². The van der Waals surface area contributed by atoms with Gasteiger partial charge in [0.2, 0.25) is 5.91 Å². The zero-order valence-corrected chi connectivity index (χ0v) is 15.0. The Morgan fingerprint density at radius 3 is 2.72 bits per heavy atom. The van der Waals surface area contributed by atoms with Crippen molar-refractivity contribution in [1.29, 1.82) is 0 Å². The maximum atomic E-state index is 12.9. The quantitative estimate of drug-likeness (QED) is 0.859. The predicted molar refractivity (Wildman–Crippen MR) is 97.0 cm³/mol. The van der Waals surface area contributed by atoms with Crippen molar-refractivity contribution in [1.82, 2.24) is 19.6 Å². The standard InChI is InChI=1S/C20H26N4O/c1-15-12-23(13-16-6-4-3-5-7-16)8-9-24(15)20(25)19-10-18(19)17-11-21-22(2)14-17/h3-7,11,14-15,18-19H,8-10,12-13H2,1-2H3/t15-,18+,19+/m1/s1. The number of piperazine rings is 1. The van der Waals surface area contributed by atoms with Crippen LogP contribution in [0.2, 0.25) is 0 Å². The molecule has 4 rings (SSSR count). The minimum Gasteiger partial charge on any atom is -0.337 e. The van der Waals surface area contributed by atoms with Gasteiger partial charge in [0.15, 0.2) is 0 Å². The molecule has 1 aromatic carbocycles. The Balaban J connectivity index is 1.33. The molecule has 1 aromatic heterocycles. The first kappa shape index (κ1) is 16.3. The molecule has 132 valence electrons. The number of benzene rings is 1. The monoisotopic (exact) mass is 338 g/mol. The molecule has 2 fully saturated rings. The third kappa shape index (κ3) is 3.47. The number of hydrogen-bond donors (Lipinski definition) is 0. The SMILES string of the molecule is C[C@@H]1CN(Cc2ccccc2)CCN1C(=O)[C@H]1C[C@H]1c1cnn(C)c1. The van der Waals surface area contributed by atoms with Crippen LogP contribution in [0, 0.1) is 5.92 Å². The number of aryl methyl sites for hydroxylation is 1. The van der Waals surface area contributed by atoms with E-state index in [1.165, 1.54) is 11.1 Å². The number of nitrogens with zero attached hydrogens (tertiary/aromatic N) is 4. The van der Waals surface area contributed by atoms with Gasteiger partial charge >= 0.3 is 0 Å². The summed E-state index contributed by atoms with van der Waals surface area (Å²) in [6.45, 7) is 5.88. The third-order valence-corrected chi connectivity index (χ3v) is 5.50. The molecule has 5 nitrogen and oxygen atoms in total. The lowest BCUT2D eigenvalue weighted by molar-refractivity contribution is -0.137. The zero-order valence-electron chi connectivity index (χ0n) is 15.0. The fourth-order valence-electron chi connectivity index (χ4n) is 4.03. The molecule has 0 bridgehead atoms. The van der Waals surface area contributed by atoms with E-state index >= 15 is 0 Å². The molecule has 0 unspecified atom stereocenters. The first-order chi connectivity index (χ1) is 12.1. The Hall–Kier alpha value is -2.14.